The highest BCUT2D eigenvalue weighted by atomic mass is 35.5. The lowest BCUT2D eigenvalue weighted by molar-refractivity contribution is -0.0325. The van der Waals surface area contributed by atoms with Gasteiger partial charge >= 0.3 is 0 Å². The summed E-state index contributed by atoms with van der Waals surface area (Å²) in [6, 6.07) is 16.6. The maximum atomic E-state index is 10.3. The number of ether oxygens (including phenoxy) is 1. The molecule has 0 saturated heterocycles. The summed E-state index contributed by atoms with van der Waals surface area (Å²) >= 11 is 6.12. The second-order valence-corrected chi connectivity index (χ2v) is 6.77. The molecule has 1 aromatic heterocycles. The van der Waals surface area contributed by atoms with E-state index in [4.69, 9.17) is 25.9 Å². The van der Waals surface area contributed by atoms with E-state index in [2.05, 4.69) is 0 Å². The molecule has 130 valence electrons. The summed E-state index contributed by atoms with van der Waals surface area (Å²) in [4.78, 5) is 0. The number of rotatable bonds is 2. The molecule has 2 aromatic carbocycles. The Morgan fingerprint density at radius 1 is 1.12 bits per heavy atom. The van der Waals surface area contributed by atoms with E-state index in [0.717, 1.165) is 17.0 Å². The summed E-state index contributed by atoms with van der Waals surface area (Å²) in [6.45, 7) is 0. The first-order chi connectivity index (χ1) is 12.7. The van der Waals surface area contributed by atoms with Crippen LogP contribution in [-0.4, -0.2) is 15.8 Å². The molecule has 5 rings (SSSR count). The van der Waals surface area contributed by atoms with Gasteiger partial charge in [-0.2, -0.15) is 5.10 Å². The number of hydrogen-bond acceptors (Lipinski definition) is 5. The van der Waals surface area contributed by atoms with E-state index in [1.165, 1.54) is 0 Å². The van der Waals surface area contributed by atoms with E-state index >= 15 is 0 Å². The van der Waals surface area contributed by atoms with Crippen LogP contribution in [0.3, 0.4) is 0 Å². The van der Waals surface area contributed by atoms with Crippen molar-refractivity contribution in [1.29, 1.82) is 0 Å². The number of phenolic OH excluding ortho intramolecular Hbond substituents is 1. The number of fused-ring (bicyclic) bond motifs is 3. The molecule has 0 radical (unpaired) electrons. The topological polar surface area (TPSA) is 58.2 Å². The van der Waals surface area contributed by atoms with Crippen molar-refractivity contribution in [3.05, 3.63) is 82.8 Å². The molecule has 2 aliphatic heterocycles. The van der Waals surface area contributed by atoms with Crippen molar-refractivity contribution in [3.8, 4) is 11.5 Å². The third kappa shape index (κ3) is 2.35. The molecule has 26 heavy (non-hydrogen) atoms. The molecule has 0 saturated carbocycles. The van der Waals surface area contributed by atoms with Gasteiger partial charge in [0.05, 0.1) is 18.0 Å². The van der Waals surface area contributed by atoms with Gasteiger partial charge in [-0.3, -0.25) is 0 Å². The largest absolute Gasteiger partial charge is 0.507 e. The zero-order chi connectivity index (χ0) is 17.7. The van der Waals surface area contributed by atoms with Crippen LogP contribution in [0.2, 0.25) is 5.02 Å². The van der Waals surface area contributed by atoms with Gasteiger partial charge in [-0.05, 0) is 36.4 Å². The van der Waals surface area contributed by atoms with Crippen LogP contribution in [0.1, 0.15) is 35.6 Å². The predicted molar refractivity (Wildman–Crippen MR) is 97.4 cm³/mol. The fraction of sp³-hybridized carbons (Fsp3) is 0.150. The summed E-state index contributed by atoms with van der Waals surface area (Å²) in [5, 5.41) is 17.5. The normalized spacial score (nSPS) is 21.0. The average molecular weight is 367 g/mol. The van der Waals surface area contributed by atoms with Gasteiger partial charge in [-0.15, -0.1) is 0 Å². The van der Waals surface area contributed by atoms with Crippen molar-refractivity contribution in [3.63, 3.8) is 0 Å². The lowest BCUT2D eigenvalue weighted by Gasteiger charge is -2.36. The molecule has 0 bridgehead atoms. The highest BCUT2D eigenvalue weighted by Crippen LogP contribution is 2.48. The molecule has 3 aromatic rings. The number of aromatic hydroxyl groups is 1. The standard InChI is InChI=1S/C20H15ClN2O3/c21-12-7-8-17(24)14(10-12)15-11-16-13-4-1-2-5-18(13)26-20(23(16)22-15)19-6-3-9-25-19/h1-10,16,20,24H,11H2. The van der Waals surface area contributed by atoms with Crippen LogP contribution >= 0.6 is 11.6 Å². The van der Waals surface area contributed by atoms with Crippen LogP contribution in [0.4, 0.5) is 0 Å². The summed E-state index contributed by atoms with van der Waals surface area (Å²) in [5.41, 5.74) is 2.48. The first-order valence-corrected chi connectivity index (χ1v) is 8.72. The number of hydrazone groups is 1. The van der Waals surface area contributed by atoms with Gasteiger partial charge in [-0.1, -0.05) is 29.8 Å². The number of para-hydroxylation sites is 1. The van der Waals surface area contributed by atoms with Crippen molar-refractivity contribution in [1.82, 2.24) is 5.01 Å². The Morgan fingerprint density at radius 2 is 2.00 bits per heavy atom. The quantitative estimate of drug-likeness (QED) is 0.702. The maximum Gasteiger partial charge on any atom is 0.246 e. The Hall–Kier alpha value is -2.92. The summed E-state index contributed by atoms with van der Waals surface area (Å²) in [5.74, 6) is 1.67. The first-order valence-electron chi connectivity index (χ1n) is 8.34. The lowest BCUT2D eigenvalue weighted by atomic mass is 9.96. The van der Waals surface area contributed by atoms with Gasteiger partial charge in [0.1, 0.15) is 11.5 Å². The van der Waals surface area contributed by atoms with Crippen LogP contribution in [0.5, 0.6) is 11.5 Å². The fourth-order valence-electron chi connectivity index (χ4n) is 3.56. The minimum atomic E-state index is -0.455. The number of nitrogens with zero attached hydrogens (tertiary/aromatic N) is 2. The third-order valence-electron chi connectivity index (χ3n) is 4.76. The van der Waals surface area contributed by atoms with E-state index in [1.54, 1.807) is 24.5 Å². The number of benzene rings is 2. The first kappa shape index (κ1) is 15.3. The minimum absolute atomic E-state index is 0.00318. The second kappa shape index (κ2) is 5.81. The fourth-order valence-corrected chi connectivity index (χ4v) is 3.73. The Bertz CT molecular complexity index is 1000. The Balaban J connectivity index is 1.62. The number of phenols is 1. The van der Waals surface area contributed by atoms with Crippen molar-refractivity contribution in [2.24, 2.45) is 5.10 Å². The van der Waals surface area contributed by atoms with Gasteiger partial charge < -0.3 is 14.3 Å². The molecular formula is C20H15ClN2O3. The van der Waals surface area contributed by atoms with Crippen molar-refractivity contribution >= 4 is 17.3 Å². The molecular weight excluding hydrogens is 352 g/mol. The minimum Gasteiger partial charge on any atom is -0.507 e. The zero-order valence-electron chi connectivity index (χ0n) is 13.7. The molecule has 0 aliphatic carbocycles. The van der Waals surface area contributed by atoms with E-state index in [-0.39, 0.29) is 11.8 Å². The summed E-state index contributed by atoms with van der Waals surface area (Å²) < 4.78 is 11.7. The van der Waals surface area contributed by atoms with Crippen LogP contribution in [-0.2, 0) is 0 Å². The monoisotopic (exact) mass is 366 g/mol. The van der Waals surface area contributed by atoms with Gasteiger partial charge in [0, 0.05) is 22.6 Å². The van der Waals surface area contributed by atoms with Crippen LogP contribution in [0.15, 0.2) is 70.4 Å². The van der Waals surface area contributed by atoms with Gasteiger partial charge in [-0.25, -0.2) is 5.01 Å². The van der Waals surface area contributed by atoms with Crippen LogP contribution in [0, 0.1) is 0 Å². The maximum absolute atomic E-state index is 10.3. The molecule has 5 nitrogen and oxygen atoms in total. The van der Waals surface area contributed by atoms with Crippen molar-refractivity contribution in [2.75, 3.05) is 0 Å². The van der Waals surface area contributed by atoms with E-state index in [0.29, 0.717) is 22.8 Å². The third-order valence-corrected chi connectivity index (χ3v) is 4.99. The van der Waals surface area contributed by atoms with Gasteiger partial charge in [0.25, 0.3) is 0 Å². The Morgan fingerprint density at radius 3 is 2.85 bits per heavy atom. The van der Waals surface area contributed by atoms with Crippen molar-refractivity contribution in [2.45, 2.75) is 18.7 Å². The molecule has 0 amide bonds. The number of furan rings is 1. The highest BCUT2D eigenvalue weighted by molar-refractivity contribution is 6.31. The van der Waals surface area contributed by atoms with Crippen molar-refractivity contribution < 1.29 is 14.3 Å². The lowest BCUT2D eigenvalue weighted by Crippen LogP contribution is -2.33. The second-order valence-electron chi connectivity index (χ2n) is 6.33. The average Bonchev–Trinajstić information content (AvgIpc) is 3.33. The van der Waals surface area contributed by atoms with Crippen LogP contribution in [0.25, 0.3) is 0 Å². The number of halogens is 1. The molecule has 0 spiro atoms. The molecule has 2 atom stereocenters. The molecule has 2 unspecified atom stereocenters. The highest BCUT2D eigenvalue weighted by Gasteiger charge is 2.42. The summed E-state index contributed by atoms with van der Waals surface area (Å²) in [6.07, 6.45) is 1.81. The van der Waals surface area contributed by atoms with E-state index in [1.807, 2.05) is 41.4 Å². The smallest absolute Gasteiger partial charge is 0.246 e. The van der Waals surface area contributed by atoms with E-state index in [9.17, 15) is 5.11 Å². The van der Waals surface area contributed by atoms with Crippen LogP contribution < -0.4 is 4.74 Å². The van der Waals surface area contributed by atoms with E-state index < -0.39 is 6.23 Å². The van der Waals surface area contributed by atoms with Gasteiger partial charge in [0.2, 0.25) is 6.23 Å². The number of hydrogen-bond donors (Lipinski definition) is 1. The summed E-state index contributed by atoms with van der Waals surface area (Å²) in [7, 11) is 0. The predicted octanol–water partition coefficient (Wildman–Crippen LogP) is 4.88. The zero-order valence-corrected chi connectivity index (χ0v) is 14.4. The molecule has 6 heteroatoms. The molecule has 3 heterocycles. The van der Waals surface area contributed by atoms with Gasteiger partial charge in [0.15, 0.2) is 5.76 Å². The Kier molecular flexibility index (Phi) is 3.43. The Labute approximate surface area is 155 Å². The molecule has 1 N–H and O–H groups in total. The molecule has 2 aliphatic rings. The molecule has 0 fully saturated rings. The SMILES string of the molecule is Oc1ccc(Cl)cc1C1=NN2C(C1)c1ccccc1OC2c1ccco1.